The summed E-state index contributed by atoms with van der Waals surface area (Å²) in [4.78, 5) is 61.2. The number of hydrogen-bond acceptors (Lipinski definition) is 10. The number of amides is 4. The van der Waals surface area contributed by atoms with Gasteiger partial charge in [-0.3, -0.25) is 28.6 Å². The first-order chi connectivity index (χ1) is 22.3. The van der Waals surface area contributed by atoms with Crippen molar-refractivity contribution in [1.29, 1.82) is 0 Å². The minimum atomic E-state index is -4.67. The predicted molar refractivity (Wildman–Crippen MR) is 185 cm³/mol. The van der Waals surface area contributed by atoms with E-state index < -0.39 is 57.4 Å². The molecule has 2 aromatic rings. The SMILES string of the molecule is CNCC(=O)NC(Cc1ccccc1)C(=O)NC(CC(C)C)C(=O)NCC(=O)NCCOP(=O)(O)Oc1c(CO)cc(C)cc1OC.P. The second-order valence-electron chi connectivity index (χ2n) is 11.1. The molecule has 0 saturated carbocycles. The number of ether oxygens (including phenoxy) is 1. The van der Waals surface area contributed by atoms with Gasteiger partial charge in [0.15, 0.2) is 11.5 Å². The van der Waals surface area contributed by atoms with E-state index in [-0.39, 0.29) is 64.7 Å². The van der Waals surface area contributed by atoms with Crippen LogP contribution in [-0.4, -0.2) is 86.1 Å². The Bertz CT molecular complexity index is 1370. The van der Waals surface area contributed by atoms with E-state index >= 15 is 0 Å². The molecule has 268 valence electrons. The molecule has 0 spiro atoms. The number of aliphatic hydroxyl groups excluding tert-OH is 1. The second kappa shape index (κ2) is 21.4. The van der Waals surface area contributed by atoms with Crippen LogP contribution >= 0.6 is 17.7 Å². The van der Waals surface area contributed by atoms with Crippen LogP contribution in [-0.2, 0) is 41.3 Å². The van der Waals surface area contributed by atoms with Crippen molar-refractivity contribution in [3.05, 3.63) is 59.2 Å². The minimum Gasteiger partial charge on any atom is -0.493 e. The number of carbonyl (C=O) groups is 4. The molecule has 4 unspecified atom stereocenters. The van der Waals surface area contributed by atoms with Gasteiger partial charge in [-0.25, -0.2) is 4.57 Å². The standard InChI is InChI=1S/C31H46N5O10P.H3P/c1-20(2)13-24(36-31(41)25(35-28(39)17-32-4)16-22-9-7-6-8-10-22)30(40)34-18-27(38)33-11-12-45-47(42,43)46-29-23(19-37)14-21(3)15-26(29)44-5;/h6-10,14-15,20,24-25,32,37H,11-13,16-19H2,1-5H3,(H,33,38)(H,34,40)(H,35,39)(H,36,41)(H,42,43);1H3. The average molecular weight is 714 g/mol. The van der Waals surface area contributed by atoms with Crippen LogP contribution in [0.15, 0.2) is 42.5 Å². The fourth-order valence-corrected chi connectivity index (χ4v) is 5.28. The van der Waals surface area contributed by atoms with Crippen LogP contribution < -0.4 is 35.8 Å². The number of rotatable bonds is 20. The number of benzene rings is 2. The maximum atomic E-state index is 13.3. The number of hydrogen-bond donors (Lipinski definition) is 7. The summed E-state index contributed by atoms with van der Waals surface area (Å²) in [5.74, 6) is -2.16. The van der Waals surface area contributed by atoms with Crippen molar-refractivity contribution in [3.8, 4) is 11.5 Å². The number of phosphoric ester groups is 1. The predicted octanol–water partition coefficient (Wildman–Crippen LogP) is 0.760. The summed E-state index contributed by atoms with van der Waals surface area (Å²) in [6.07, 6.45) is 0.473. The minimum absolute atomic E-state index is 0. The van der Waals surface area contributed by atoms with E-state index in [9.17, 15) is 33.7 Å². The molecule has 0 aliphatic heterocycles. The van der Waals surface area contributed by atoms with Crippen molar-refractivity contribution in [2.75, 3.05) is 40.4 Å². The quantitative estimate of drug-likeness (QED) is 0.0752. The Kier molecular flexibility index (Phi) is 18.9. The first-order valence-electron chi connectivity index (χ1n) is 15.1. The molecule has 17 heteroatoms. The Morgan fingerprint density at radius 3 is 2.23 bits per heavy atom. The summed E-state index contributed by atoms with van der Waals surface area (Å²) >= 11 is 0. The molecule has 0 heterocycles. The third-order valence-corrected chi connectivity index (χ3v) is 7.51. The van der Waals surface area contributed by atoms with Gasteiger partial charge in [0, 0.05) is 18.5 Å². The monoisotopic (exact) mass is 713 g/mol. The smallest absolute Gasteiger partial charge is 0.493 e. The maximum absolute atomic E-state index is 13.3. The van der Waals surface area contributed by atoms with E-state index in [1.165, 1.54) is 7.11 Å². The van der Waals surface area contributed by atoms with Gasteiger partial charge in [-0.2, -0.15) is 9.90 Å². The highest BCUT2D eigenvalue weighted by Crippen LogP contribution is 2.48. The molecule has 15 nitrogen and oxygen atoms in total. The summed E-state index contributed by atoms with van der Waals surface area (Å²) in [6.45, 7) is 3.98. The molecule has 7 N–H and O–H groups in total. The van der Waals surface area contributed by atoms with Gasteiger partial charge in [0.2, 0.25) is 23.6 Å². The van der Waals surface area contributed by atoms with Gasteiger partial charge >= 0.3 is 7.82 Å². The van der Waals surface area contributed by atoms with E-state index in [1.54, 1.807) is 26.1 Å². The van der Waals surface area contributed by atoms with Gasteiger partial charge in [-0.1, -0.05) is 44.2 Å². The number of aliphatic hydroxyl groups is 1. The van der Waals surface area contributed by atoms with E-state index in [2.05, 4.69) is 26.6 Å². The van der Waals surface area contributed by atoms with Gasteiger partial charge in [-0.15, -0.1) is 0 Å². The zero-order valence-corrected chi connectivity index (χ0v) is 30.3. The van der Waals surface area contributed by atoms with Gasteiger partial charge < -0.3 is 41.0 Å². The maximum Gasteiger partial charge on any atom is 0.527 e. The van der Waals surface area contributed by atoms with Crippen LogP contribution in [0.1, 0.15) is 37.0 Å². The molecule has 2 rings (SSSR count). The highest BCUT2D eigenvalue weighted by atomic mass is 31.2. The average Bonchev–Trinajstić information content (AvgIpc) is 3.02. The third kappa shape index (κ3) is 15.1. The fourth-order valence-electron chi connectivity index (χ4n) is 4.47. The second-order valence-corrected chi connectivity index (χ2v) is 12.5. The normalized spacial score (nSPS) is 13.2. The molecule has 0 radical (unpaired) electrons. The van der Waals surface area contributed by atoms with Crippen molar-refractivity contribution >= 4 is 41.4 Å². The molecule has 0 fully saturated rings. The molecule has 48 heavy (non-hydrogen) atoms. The van der Waals surface area contributed by atoms with Crippen LogP contribution in [0.5, 0.6) is 11.5 Å². The van der Waals surface area contributed by atoms with Crippen LogP contribution in [0.25, 0.3) is 0 Å². The summed E-state index contributed by atoms with van der Waals surface area (Å²) in [7, 11) is -1.72. The number of aryl methyl sites for hydroxylation is 1. The molecular formula is C31H49N5O10P2. The zero-order chi connectivity index (χ0) is 35.0. The number of phosphoric acid groups is 1. The molecule has 0 aliphatic carbocycles. The van der Waals surface area contributed by atoms with Crippen molar-refractivity contribution in [2.24, 2.45) is 5.92 Å². The lowest BCUT2D eigenvalue weighted by molar-refractivity contribution is -0.132. The molecule has 0 saturated heterocycles. The van der Waals surface area contributed by atoms with Crippen molar-refractivity contribution in [2.45, 2.75) is 52.3 Å². The zero-order valence-electron chi connectivity index (χ0n) is 28.0. The highest BCUT2D eigenvalue weighted by Gasteiger charge is 2.29. The van der Waals surface area contributed by atoms with Crippen molar-refractivity contribution in [1.82, 2.24) is 26.6 Å². The Morgan fingerprint density at radius 1 is 0.938 bits per heavy atom. The van der Waals surface area contributed by atoms with Crippen LogP contribution in [0.3, 0.4) is 0 Å². The lowest BCUT2D eigenvalue weighted by Crippen LogP contribution is -2.56. The van der Waals surface area contributed by atoms with Crippen molar-refractivity contribution in [3.63, 3.8) is 0 Å². The van der Waals surface area contributed by atoms with Gasteiger partial charge in [-0.05, 0) is 49.6 Å². The topological polar surface area (TPSA) is 214 Å². The Hall–Kier alpha value is -3.58. The van der Waals surface area contributed by atoms with E-state index in [0.29, 0.717) is 0 Å². The Balaban J connectivity index is 0.0000115. The lowest BCUT2D eigenvalue weighted by Gasteiger charge is -2.24. The Morgan fingerprint density at radius 2 is 1.62 bits per heavy atom. The summed E-state index contributed by atoms with van der Waals surface area (Å²) < 4.78 is 27.8. The highest BCUT2D eigenvalue weighted by molar-refractivity contribution is 7.47. The lowest BCUT2D eigenvalue weighted by atomic mass is 10.0. The third-order valence-electron chi connectivity index (χ3n) is 6.59. The van der Waals surface area contributed by atoms with E-state index in [4.69, 9.17) is 13.8 Å². The molecule has 0 aromatic heterocycles. The van der Waals surface area contributed by atoms with Crippen LogP contribution in [0.4, 0.5) is 0 Å². The van der Waals surface area contributed by atoms with Crippen LogP contribution in [0, 0.1) is 12.8 Å². The van der Waals surface area contributed by atoms with E-state index in [1.807, 2.05) is 44.2 Å². The van der Waals surface area contributed by atoms with E-state index in [0.717, 1.165) is 11.1 Å². The molecular weight excluding hydrogens is 664 g/mol. The summed E-state index contributed by atoms with van der Waals surface area (Å²) in [5.41, 5.74) is 1.78. The summed E-state index contributed by atoms with van der Waals surface area (Å²) in [6, 6.07) is 10.3. The number of carbonyl (C=O) groups excluding carboxylic acids is 4. The number of methoxy groups -OCH3 is 1. The number of likely N-dealkylation sites (N-methyl/N-ethyl adjacent to an activating group) is 1. The van der Waals surface area contributed by atoms with Gasteiger partial charge in [0.1, 0.15) is 12.1 Å². The van der Waals surface area contributed by atoms with Crippen molar-refractivity contribution < 1.29 is 47.5 Å². The molecule has 2 aromatic carbocycles. The first-order valence-corrected chi connectivity index (χ1v) is 16.6. The Labute approximate surface area is 284 Å². The van der Waals surface area contributed by atoms with Gasteiger partial charge in [0.25, 0.3) is 0 Å². The van der Waals surface area contributed by atoms with Crippen LogP contribution in [0.2, 0.25) is 0 Å². The largest absolute Gasteiger partial charge is 0.527 e. The number of nitrogens with one attached hydrogen (secondary N) is 5. The molecule has 4 atom stereocenters. The fraction of sp³-hybridized carbons (Fsp3) is 0.484. The summed E-state index contributed by atoms with van der Waals surface area (Å²) in [5, 5.41) is 22.7. The molecule has 4 amide bonds. The van der Waals surface area contributed by atoms with Gasteiger partial charge in [0.05, 0.1) is 33.4 Å². The first kappa shape index (κ1) is 42.4. The molecule has 0 aliphatic rings. The molecule has 0 bridgehead atoms.